The highest BCUT2D eigenvalue weighted by atomic mass is 16.7. The van der Waals surface area contributed by atoms with Crippen LogP contribution < -0.4 is 19.5 Å². The van der Waals surface area contributed by atoms with Crippen LogP contribution in [0.4, 0.5) is 5.69 Å². The molecular formula is C26H23NO8. The van der Waals surface area contributed by atoms with Gasteiger partial charge in [-0.3, -0.25) is 4.79 Å². The van der Waals surface area contributed by atoms with Crippen LogP contribution in [-0.2, 0) is 9.53 Å². The number of methoxy groups -OCH3 is 1. The molecular weight excluding hydrogens is 454 g/mol. The lowest BCUT2D eigenvalue weighted by Gasteiger charge is -2.40. The van der Waals surface area contributed by atoms with Gasteiger partial charge in [-0.1, -0.05) is 6.07 Å². The van der Waals surface area contributed by atoms with Gasteiger partial charge in [-0.05, 0) is 53.1 Å². The topological polar surface area (TPSA) is 127 Å². The standard InChI is InChI=1S/C26H23NO8/c1-32-21-6-12(5-18(29)25(21)30)22-15-8-19-20(35-11-34-19)9-16(15)24(17-10-33-26(31)23(17)22)27-13-3-2-4-14(28)7-13/h2-9,17,22-24,27-30H,10-11H2,1H3/t17-,22+,23-,24-/m0/s1. The van der Waals surface area contributed by atoms with Crippen LogP contribution in [-0.4, -0.2) is 41.8 Å². The molecule has 0 saturated carbocycles. The number of hydrogen-bond donors (Lipinski definition) is 4. The van der Waals surface area contributed by atoms with Gasteiger partial charge in [-0.15, -0.1) is 0 Å². The number of phenols is 3. The quantitative estimate of drug-likeness (QED) is 0.329. The molecule has 9 heteroatoms. The maximum absolute atomic E-state index is 13.1. The molecule has 3 aromatic carbocycles. The van der Waals surface area contributed by atoms with Crippen molar-refractivity contribution in [2.75, 3.05) is 25.8 Å². The minimum atomic E-state index is -0.577. The van der Waals surface area contributed by atoms with E-state index in [0.29, 0.717) is 22.7 Å². The number of phenolic OH excluding ortho intramolecular Hbond substituents is 3. The molecule has 2 aliphatic heterocycles. The predicted molar refractivity (Wildman–Crippen MR) is 123 cm³/mol. The lowest BCUT2D eigenvalue weighted by molar-refractivity contribution is -0.141. The molecule has 1 fully saturated rings. The first-order valence-corrected chi connectivity index (χ1v) is 11.2. The number of rotatable bonds is 4. The summed E-state index contributed by atoms with van der Waals surface area (Å²) >= 11 is 0. The van der Waals surface area contributed by atoms with E-state index in [0.717, 1.165) is 11.1 Å². The Labute approximate surface area is 200 Å². The van der Waals surface area contributed by atoms with E-state index in [2.05, 4.69) is 5.32 Å². The van der Waals surface area contributed by atoms with Crippen molar-refractivity contribution in [3.05, 3.63) is 65.2 Å². The average Bonchev–Trinajstić information content (AvgIpc) is 3.46. The molecule has 0 bridgehead atoms. The average molecular weight is 477 g/mol. The zero-order valence-corrected chi connectivity index (χ0v) is 18.7. The van der Waals surface area contributed by atoms with Crippen molar-refractivity contribution in [2.45, 2.75) is 12.0 Å². The lowest BCUT2D eigenvalue weighted by atomic mass is 9.65. The predicted octanol–water partition coefficient (Wildman–Crippen LogP) is 3.63. The van der Waals surface area contributed by atoms with Gasteiger partial charge in [0.2, 0.25) is 12.5 Å². The van der Waals surface area contributed by atoms with E-state index in [1.54, 1.807) is 24.3 Å². The highest BCUT2D eigenvalue weighted by molar-refractivity contribution is 5.79. The number of aromatic hydroxyl groups is 3. The summed E-state index contributed by atoms with van der Waals surface area (Å²) in [6.07, 6.45) is 0. The fourth-order valence-corrected chi connectivity index (χ4v) is 5.47. The first-order valence-electron chi connectivity index (χ1n) is 11.2. The minimum Gasteiger partial charge on any atom is -0.508 e. The summed E-state index contributed by atoms with van der Waals surface area (Å²) in [5, 5.41) is 34.0. The number of carbonyl (C=O) groups is 1. The molecule has 2 heterocycles. The largest absolute Gasteiger partial charge is 0.508 e. The van der Waals surface area contributed by atoms with Crippen molar-refractivity contribution in [2.24, 2.45) is 11.8 Å². The van der Waals surface area contributed by atoms with Gasteiger partial charge < -0.3 is 39.6 Å². The molecule has 1 saturated heterocycles. The maximum atomic E-state index is 13.1. The van der Waals surface area contributed by atoms with Gasteiger partial charge >= 0.3 is 5.97 Å². The van der Waals surface area contributed by atoms with Crippen LogP contribution in [0, 0.1) is 11.8 Å². The minimum absolute atomic E-state index is 0.0935. The van der Waals surface area contributed by atoms with E-state index in [9.17, 15) is 20.1 Å². The van der Waals surface area contributed by atoms with Crippen LogP contribution in [0.1, 0.15) is 28.7 Å². The molecule has 6 rings (SSSR count). The molecule has 0 spiro atoms. The van der Waals surface area contributed by atoms with Crippen molar-refractivity contribution in [1.29, 1.82) is 0 Å². The first kappa shape index (κ1) is 21.3. The number of fused-ring (bicyclic) bond motifs is 3. The summed E-state index contributed by atoms with van der Waals surface area (Å²) in [5.41, 5.74) is 2.98. The second-order valence-corrected chi connectivity index (χ2v) is 8.89. The Hall–Kier alpha value is -4.27. The van der Waals surface area contributed by atoms with Crippen LogP contribution in [0.3, 0.4) is 0 Å². The third kappa shape index (κ3) is 3.34. The molecule has 0 amide bonds. The normalized spacial score (nSPS) is 23.9. The van der Waals surface area contributed by atoms with E-state index in [1.807, 2.05) is 18.2 Å². The van der Waals surface area contributed by atoms with Crippen LogP contribution in [0.15, 0.2) is 48.5 Å². The molecule has 4 atom stereocenters. The molecule has 35 heavy (non-hydrogen) atoms. The van der Waals surface area contributed by atoms with E-state index >= 15 is 0 Å². The van der Waals surface area contributed by atoms with E-state index in [4.69, 9.17) is 18.9 Å². The van der Waals surface area contributed by atoms with Crippen molar-refractivity contribution < 1.29 is 39.1 Å². The van der Waals surface area contributed by atoms with Gasteiger partial charge in [0.15, 0.2) is 23.0 Å². The lowest BCUT2D eigenvalue weighted by Crippen LogP contribution is -2.37. The van der Waals surface area contributed by atoms with Gasteiger partial charge in [0.1, 0.15) is 5.75 Å². The van der Waals surface area contributed by atoms with E-state index in [1.165, 1.54) is 13.2 Å². The Balaban J connectivity index is 1.55. The SMILES string of the molecule is COc1cc([C@@H]2c3cc4c(cc3[C@H](Nc3cccc(O)c3)[C@H]3COC(=O)[C@H]23)OCO4)cc(O)c1O. The molecule has 0 unspecified atom stereocenters. The second kappa shape index (κ2) is 7.90. The molecule has 4 N–H and O–H groups in total. The highest BCUT2D eigenvalue weighted by Gasteiger charge is 2.52. The monoisotopic (exact) mass is 477 g/mol. The van der Waals surface area contributed by atoms with E-state index in [-0.39, 0.29) is 54.3 Å². The number of carbonyl (C=O) groups excluding carboxylic acids is 1. The molecule has 180 valence electrons. The molecule has 9 nitrogen and oxygen atoms in total. The molecule has 3 aromatic rings. The number of anilines is 1. The molecule has 3 aliphatic rings. The maximum Gasteiger partial charge on any atom is 0.310 e. The highest BCUT2D eigenvalue weighted by Crippen LogP contribution is 2.56. The third-order valence-electron chi connectivity index (χ3n) is 7.01. The van der Waals surface area contributed by atoms with Gasteiger partial charge in [-0.25, -0.2) is 0 Å². The Morgan fingerprint density at radius 3 is 2.49 bits per heavy atom. The van der Waals surface area contributed by atoms with Crippen LogP contribution in [0.25, 0.3) is 0 Å². The van der Waals surface area contributed by atoms with Crippen molar-refractivity contribution >= 4 is 11.7 Å². The summed E-state index contributed by atoms with van der Waals surface area (Å²) in [5.74, 6) is -1.02. The zero-order chi connectivity index (χ0) is 24.3. The Morgan fingerprint density at radius 1 is 0.971 bits per heavy atom. The van der Waals surface area contributed by atoms with Gasteiger partial charge in [-0.2, -0.15) is 0 Å². The third-order valence-corrected chi connectivity index (χ3v) is 7.01. The first-order chi connectivity index (χ1) is 16.9. The summed E-state index contributed by atoms with van der Waals surface area (Å²) < 4.78 is 22.1. The molecule has 1 aliphatic carbocycles. The fraction of sp³-hybridized carbons (Fsp3) is 0.269. The summed E-state index contributed by atoms with van der Waals surface area (Å²) in [6, 6.07) is 13.3. The molecule has 0 aromatic heterocycles. The number of hydrogen-bond acceptors (Lipinski definition) is 9. The molecule has 0 radical (unpaired) electrons. The van der Waals surface area contributed by atoms with Gasteiger partial charge in [0, 0.05) is 23.6 Å². The zero-order valence-electron chi connectivity index (χ0n) is 18.7. The number of benzene rings is 3. The van der Waals surface area contributed by atoms with Gasteiger partial charge in [0.05, 0.1) is 25.7 Å². The summed E-state index contributed by atoms with van der Waals surface area (Å²) in [6.45, 7) is 0.293. The Bertz CT molecular complexity index is 1340. The van der Waals surface area contributed by atoms with Crippen molar-refractivity contribution in [3.8, 4) is 34.5 Å². The number of nitrogens with one attached hydrogen (secondary N) is 1. The fourth-order valence-electron chi connectivity index (χ4n) is 5.47. The number of esters is 1. The smallest absolute Gasteiger partial charge is 0.310 e. The summed E-state index contributed by atoms with van der Waals surface area (Å²) in [7, 11) is 1.40. The Morgan fingerprint density at radius 2 is 1.74 bits per heavy atom. The van der Waals surface area contributed by atoms with Crippen LogP contribution in [0.2, 0.25) is 0 Å². The van der Waals surface area contributed by atoms with Crippen LogP contribution >= 0.6 is 0 Å². The Kier molecular flexibility index (Phi) is 4.80. The number of cyclic esters (lactones) is 1. The van der Waals surface area contributed by atoms with Crippen molar-refractivity contribution in [3.63, 3.8) is 0 Å². The van der Waals surface area contributed by atoms with E-state index < -0.39 is 11.8 Å². The summed E-state index contributed by atoms with van der Waals surface area (Å²) in [4.78, 5) is 13.1. The second-order valence-electron chi connectivity index (χ2n) is 8.89. The van der Waals surface area contributed by atoms with Crippen LogP contribution in [0.5, 0.6) is 34.5 Å². The van der Waals surface area contributed by atoms with Crippen molar-refractivity contribution in [1.82, 2.24) is 0 Å². The number of ether oxygens (including phenoxy) is 4. The van der Waals surface area contributed by atoms with Gasteiger partial charge in [0.25, 0.3) is 0 Å².